The minimum atomic E-state index is -0.445. The summed E-state index contributed by atoms with van der Waals surface area (Å²) >= 11 is 0. The molecule has 0 radical (unpaired) electrons. The summed E-state index contributed by atoms with van der Waals surface area (Å²) in [5.41, 5.74) is 6.90. The number of pyridine rings is 1. The molecule has 0 aliphatic rings. The van der Waals surface area contributed by atoms with E-state index >= 15 is 0 Å². The standard InChI is InChI=1S/C21H34N8O2/c1-6-7-8-21(3,13-25-14(2)30)28-18-17-16(26-20(22)27-18)11-15(12-24-17)19(31)23-9-10-29(4)5/h11-12H,6-10,13H2,1-5H3,(H,23,31)(H,25,30)(H3,22,26,27,28)/t21-/m1/s1. The van der Waals surface area contributed by atoms with Crippen LogP contribution in [-0.2, 0) is 4.79 Å². The predicted molar refractivity (Wildman–Crippen MR) is 123 cm³/mol. The van der Waals surface area contributed by atoms with Crippen LogP contribution in [0.1, 0.15) is 50.4 Å². The molecule has 0 spiro atoms. The summed E-state index contributed by atoms with van der Waals surface area (Å²) < 4.78 is 0. The largest absolute Gasteiger partial charge is 0.368 e. The van der Waals surface area contributed by atoms with Crippen molar-refractivity contribution in [3.63, 3.8) is 0 Å². The molecule has 0 saturated carbocycles. The topological polar surface area (TPSA) is 138 Å². The second kappa shape index (κ2) is 10.9. The Bertz CT molecular complexity index is 918. The van der Waals surface area contributed by atoms with Crippen molar-refractivity contribution in [2.45, 2.75) is 45.6 Å². The molecule has 10 heteroatoms. The van der Waals surface area contributed by atoms with E-state index in [1.165, 1.54) is 13.1 Å². The molecule has 2 aromatic heterocycles. The highest BCUT2D eigenvalue weighted by molar-refractivity contribution is 5.98. The van der Waals surface area contributed by atoms with Crippen LogP contribution in [0.25, 0.3) is 11.0 Å². The van der Waals surface area contributed by atoms with Gasteiger partial charge >= 0.3 is 0 Å². The van der Waals surface area contributed by atoms with E-state index in [9.17, 15) is 9.59 Å². The molecule has 0 aliphatic carbocycles. The first-order valence-electron chi connectivity index (χ1n) is 10.5. The van der Waals surface area contributed by atoms with Crippen molar-refractivity contribution in [2.75, 3.05) is 44.8 Å². The van der Waals surface area contributed by atoms with Crippen LogP contribution in [-0.4, -0.2) is 70.9 Å². The fraction of sp³-hybridized carbons (Fsp3) is 0.571. The van der Waals surface area contributed by atoms with E-state index in [0.717, 1.165) is 25.8 Å². The Kier molecular flexibility index (Phi) is 8.49. The molecule has 0 unspecified atom stereocenters. The lowest BCUT2D eigenvalue weighted by atomic mass is 9.94. The number of likely N-dealkylation sites (N-methyl/N-ethyl adjacent to an activating group) is 1. The molecule has 0 aliphatic heterocycles. The highest BCUT2D eigenvalue weighted by Crippen LogP contribution is 2.25. The number of nitrogens with two attached hydrogens (primary N) is 1. The monoisotopic (exact) mass is 430 g/mol. The number of anilines is 2. The number of amides is 2. The Morgan fingerprint density at radius 2 is 1.97 bits per heavy atom. The fourth-order valence-electron chi connectivity index (χ4n) is 3.11. The van der Waals surface area contributed by atoms with Crippen molar-refractivity contribution < 1.29 is 9.59 Å². The normalized spacial score (nSPS) is 13.1. The van der Waals surface area contributed by atoms with Gasteiger partial charge in [-0.25, -0.2) is 9.97 Å². The highest BCUT2D eigenvalue weighted by atomic mass is 16.2. The molecule has 0 aromatic carbocycles. The average Bonchev–Trinajstić information content (AvgIpc) is 2.70. The number of rotatable bonds is 11. The van der Waals surface area contributed by atoms with Gasteiger partial charge in [0, 0.05) is 32.8 Å². The van der Waals surface area contributed by atoms with Crippen molar-refractivity contribution in [1.82, 2.24) is 30.5 Å². The SMILES string of the molecule is CCCC[C@](C)(CNC(C)=O)Nc1nc(N)nc2cc(C(=O)NCCN(C)C)cnc12. The molecular weight excluding hydrogens is 396 g/mol. The van der Waals surface area contributed by atoms with Crippen molar-refractivity contribution in [3.05, 3.63) is 17.8 Å². The van der Waals surface area contributed by atoms with Gasteiger partial charge in [-0.1, -0.05) is 19.8 Å². The summed E-state index contributed by atoms with van der Waals surface area (Å²) in [6.45, 7) is 7.33. The molecule has 0 bridgehead atoms. The Morgan fingerprint density at radius 3 is 2.61 bits per heavy atom. The molecule has 10 nitrogen and oxygen atoms in total. The van der Waals surface area contributed by atoms with Crippen LogP contribution in [0.15, 0.2) is 12.3 Å². The number of hydrogen-bond acceptors (Lipinski definition) is 8. The maximum atomic E-state index is 12.4. The molecule has 0 fully saturated rings. The zero-order chi connectivity index (χ0) is 23.0. The third-order valence-corrected chi connectivity index (χ3v) is 4.89. The van der Waals surface area contributed by atoms with Crippen LogP contribution >= 0.6 is 0 Å². The van der Waals surface area contributed by atoms with E-state index in [0.29, 0.717) is 35.5 Å². The van der Waals surface area contributed by atoms with Gasteiger partial charge in [-0.3, -0.25) is 9.59 Å². The van der Waals surface area contributed by atoms with Crippen LogP contribution in [0.5, 0.6) is 0 Å². The van der Waals surface area contributed by atoms with Gasteiger partial charge < -0.3 is 26.6 Å². The highest BCUT2D eigenvalue weighted by Gasteiger charge is 2.26. The van der Waals surface area contributed by atoms with Crippen molar-refractivity contribution >= 4 is 34.6 Å². The number of nitrogen functional groups attached to an aromatic ring is 1. The Hall–Kier alpha value is -3.01. The molecule has 0 saturated heterocycles. The summed E-state index contributed by atoms with van der Waals surface area (Å²) in [5.74, 6) is 0.242. The zero-order valence-electron chi connectivity index (χ0n) is 19.1. The van der Waals surface area contributed by atoms with E-state index < -0.39 is 5.54 Å². The first kappa shape index (κ1) is 24.3. The van der Waals surface area contributed by atoms with Gasteiger partial charge in [0.15, 0.2) is 5.82 Å². The Labute approximate surface area is 183 Å². The number of aromatic nitrogens is 3. The van der Waals surface area contributed by atoms with Gasteiger partial charge in [0.2, 0.25) is 11.9 Å². The lowest BCUT2D eigenvalue weighted by Crippen LogP contribution is -2.46. The molecule has 2 heterocycles. The second-order valence-electron chi connectivity index (χ2n) is 8.28. The van der Waals surface area contributed by atoms with E-state index in [1.54, 1.807) is 6.07 Å². The summed E-state index contributed by atoms with van der Waals surface area (Å²) in [4.78, 5) is 38.9. The first-order chi connectivity index (χ1) is 14.6. The second-order valence-corrected chi connectivity index (χ2v) is 8.28. The Morgan fingerprint density at radius 1 is 1.23 bits per heavy atom. The van der Waals surface area contributed by atoms with Gasteiger partial charge in [0.05, 0.1) is 16.6 Å². The lowest BCUT2D eigenvalue weighted by molar-refractivity contribution is -0.119. The quantitative estimate of drug-likeness (QED) is 0.420. The smallest absolute Gasteiger partial charge is 0.252 e. The van der Waals surface area contributed by atoms with Crippen molar-refractivity contribution in [3.8, 4) is 0 Å². The van der Waals surface area contributed by atoms with Crippen LogP contribution in [0.2, 0.25) is 0 Å². The molecule has 31 heavy (non-hydrogen) atoms. The van der Waals surface area contributed by atoms with Gasteiger partial charge in [0.1, 0.15) is 5.52 Å². The molecule has 2 aromatic rings. The molecule has 1 atom stereocenters. The van der Waals surface area contributed by atoms with E-state index in [4.69, 9.17) is 5.73 Å². The third kappa shape index (κ3) is 7.32. The van der Waals surface area contributed by atoms with E-state index in [1.807, 2.05) is 25.9 Å². The predicted octanol–water partition coefficient (Wildman–Crippen LogP) is 1.40. The average molecular weight is 431 g/mol. The summed E-state index contributed by atoms with van der Waals surface area (Å²) in [6.07, 6.45) is 4.33. The van der Waals surface area contributed by atoms with Crippen molar-refractivity contribution in [2.24, 2.45) is 0 Å². The Balaban J connectivity index is 2.30. The molecular formula is C21H34N8O2. The minimum Gasteiger partial charge on any atom is -0.368 e. The number of hydrogen-bond donors (Lipinski definition) is 4. The van der Waals surface area contributed by atoms with Gasteiger partial charge in [-0.15, -0.1) is 0 Å². The molecule has 2 amide bonds. The van der Waals surface area contributed by atoms with Crippen LogP contribution in [0, 0.1) is 0 Å². The number of nitrogens with one attached hydrogen (secondary N) is 3. The maximum absolute atomic E-state index is 12.4. The fourth-order valence-corrected chi connectivity index (χ4v) is 3.11. The number of fused-ring (bicyclic) bond motifs is 1. The summed E-state index contributed by atoms with van der Waals surface area (Å²) in [5, 5.41) is 9.15. The van der Waals surface area contributed by atoms with Crippen LogP contribution < -0.4 is 21.7 Å². The van der Waals surface area contributed by atoms with Crippen molar-refractivity contribution in [1.29, 1.82) is 0 Å². The van der Waals surface area contributed by atoms with Gasteiger partial charge in [-0.2, -0.15) is 4.98 Å². The zero-order valence-corrected chi connectivity index (χ0v) is 19.1. The summed E-state index contributed by atoms with van der Waals surface area (Å²) in [6, 6.07) is 1.66. The third-order valence-electron chi connectivity index (χ3n) is 4.89. The molecule has 2 rings (SSSR count). The van der Waals surface area contributed by atoms with E-state index in [2.05, 4.69) is 37.8 Å². The molecule has 170 valence electrons. The van der Waals surface area contributed by atoms with Crippen LogP contribution in [0.3, 0.4) is 0 Å². The maximum Gasteiger partial charge on any atom is 0.252 e. The number of nitrogens with zero attached hydrogens (tertiary/aromatic N) is 4. The lowest BCUT2D eigenvalue weighted by Gasteiger charge is -2.32. The van der Waals surface area contributed by atoms with Gasteiger partial charge in [-0.05, 0) is 33.5 Å². The first-order valence-corrected chi connectivity index (χ1v) is 10.5. The number of carbonyl (C=O) groups is 2. The van der Waals surface area contributed by atoms with E-state index in [-0.39, 0.29) is 17.8 Å². The van der Waals surface area contributed by atoms with Gasteiger partial charge in [0.25, 0.3) is 5.91 Å². The van der Waals surface area contributed by atoms with Crippen LogP contribution in [0.4, 0.5) is 11.8 Å². The minimum absolute atomic E-state index is 0.0827. The summed E-state index contributed by atoms with van der Waals surface area (Å²) in [7, 11) is 3.89. The molecule has 5 N–H and O–H groups in total. The number of carbonyl (C=O) groups excluding carboxylic acids is 2. The number of unbranched alkanes of at least 4 members (excludes halogenated alkanes) is 1.